The zero-order chi connectivity index (χ0) is 17.8. The predicted octanol–water partition coefficient (Wildman–Crippen LogP) is 4.97. The molecule has 2 aromatic carbocycles. The summed E-state index contributed by atoms with van der Waals surface area (Å²) in [5, 5.41) is 3.53. The van der Waals surface area contributed by atoms with E-state index in [2.05, 4.69) is 10.3 Å². The SMILES string of the molecule is COc1ccc(Cl)cc1-c1ccc(NC(=O)c2ccncc2C)cc1. The number of halogens is 1. The third kappa shape index (κ3) is 3.80. The Balaban J connectivity index is 1.83. The molecule has 1 N–H and O–H groups in total. The normalized spacial score (nSPS) is 10.4. The second-order valence-corrected chi connectivity index (χ2v) is 6.00. The Kier molecular flexibility index (Phi) is 5.00. The molecule has 1 aromatic heterocycles. The Morgan fingerprint density at radius 3 is 2.56 bits per heavy atom. The number of pyridine rings is 1. The fourth-order valence-corrected chi connectivity index (χ4v) is 2.74. The third-order valence-electron chi connectivity index (χ3n) is 3.88. The van der Waals surface area contributed by atoms with Gasteiger partial charge in [-0.1, -0.05) is 23.7 Å². The van der Waals surface area contributed by atoms with E-state index in [0.29, 0.717) is 16.3 Å². The van der Waals surface area contributed by atoms with Crippen LogP contribution in [0.5, 0.6) is 5.75 Å². The van der Waals surface area contributed by atoms with Gasteiger partial charge in [0.25, 0.3) is 5.91 Å². The molecule has 3 aromatic rings. The van der Waals surface area contributed by atoms with Crippen molar-refractivity contribution >= 4 is 23.2 Å². The van der Waals surface area contributed by atoms with Gasteiger partial charge in [-0.25, -0.2) is 0 Å². The lowest BCUT2D eigenvalue weighted by atomic mass is 10.0. The summed E-state index contributed by atoms with van der Waals surface area (Å²) in [6.07, 6.45) is 3.28. The molecule has 0 unspecified atom stereocenters. The van der Waals surface area contributed by atoms with Gasteiger partial charge in [-0.2, -0.15) is 0 Å². The minimum absolute atomic E-state index is 0.159. The molecule has 126 valence electrons. The maximum atomic E-state index is 12.4. The van der Waals surface area contributed by atoms with Crippen molar-refractivity contribution < 1.29 is 9.53 Å². The van der Waals surface area contributed by atoms with Gasteiger partial charge >= 0.3 is 0 Å². The average Bonchev–Trinajstić information content (AvgIpc) is 2.62. The van der Waals surface area contributed by atoms with Crippen molar-refractivity contribution in [3.8, 4) is 16.9 Å². The molecule has 5 heteroatoms. The molecule has 0 fully saturated rings. The number of ether oxygens (including phenoxy) is 1. The van der Waals surface area contributed by atoms with Crippen LogP contribution in [0.4, 0.5) is 5.69 Å². The number of rotatable bonds is 4. The van der Waals surface area contributed by atoms with E-state index in [1.54, 1.807) is 31.6 Å². The maximum Gasteiger partial charge on any atom is 0.256 e. The number of anilines is 1. The monoisotopic (exact) mass is 352 g/mol. The largest absolute Gasteiger partial charge is 0.496 e. The van der Waals surface area contributed by atoms with Crippen molar-refractivity contribution in [1.82, 2.24) is 4.98 Å². The van der Waals surface area contributed by atoms with Crippen LogP contribution in [0.1, 0.15) is 15.9 Å². The Morgan fingerprint density at radius 1 is 1.12 bits per heavy atom. The van der Waals surface area contributed by atoms with E-state index in [-0.39, 0.29) is 5.91 Å². The maximum absolute atomic E-state index is 12.4. The van der Waals surface area contributed by atoms with Gasteiger partial charge in [0, 0.05) is 34.2 Å². The second kappa shape index (κ2) is 7.36. The number of nitrogens with one attached hydrogen (secondary N) is 1. The van der Waals surface area contributed by atoms with Crippen molar-refractivity contribution in [2.75, 3.05) is 12.4 Å². The Hall–Kier alpha value is -2.85. The Morgan fingerprint density at radius 2 is 1.88 bits per heavy atom. The van der Waals surface area contributed by atoms with Crippen molar-refractivity contribution in [2.24, 2.45) is 0 Å². The average molecular weight is 353 g/mol. The molecule has 25 heavy (non-hydrogen) atoms. The minimum atomic E-state index is -0.159. The number of aromatic nitrogens is 1. The van der Waals surface area contributed by atoms with E-state index in [9.17, 15) is 4.79 Å². The molecule has 0 spiro atoms. The Labute approximate surface area is 151 Å². The number of carbonyl (C=O) groups excluding carboxylic acids is 1. The highest BCUT2D eigenvalue weighted by Crippen LogP contribution is 2.33. The summed E-state index contributed by atoms with van der Waals surface area (Å²) >= 11 is 6.09. The molecule has 0 aliphatic carbocycles. The van der Waals surface area contributed by atoms with Crippen molar-refractivity contribution in [3.63, 3.8) is 0 Å². The minimum Gasteiger partial charge on any atom is -0.496 e. The van der Waals surface area contributed by atoms with E-state index in [4.69, 9.17) is 16.3 Å². The first-order valence-corrected chi connectivity index (χ1v) is 8.12. The van der Waals surface area contributed by atoms with E-state index in [1.165, 1.54) is 0 Å². The fourth-order valence-electron chi connectivity index (χ4n) is 2.57. The molecular weight excluding hydrogens is 336 g/mol. The highest BCUT2D eigenvalue weighted by atomic mass is 35.5. The van der Waals surface area contributed by atoms with Crippen LogP contribution in [-0.4, -0.2) is 18.0 Å². The van der Waals surface area contributed by atoms with Crippen LogP contribution in [0, 0.1) is 6.92 Å². The van der Waals surface area contributed by atoms with Crippen LogP contribution in [0.15, 0.2) is 60.9 Å². The van der Waals surface area contributed by atoms with Crippen LogP contribution in [0.25, 0.3) is 11.1 Å². The van der Waals surface area contributed by atoms with Crippen LogP contribution in [0.3, 0.4) is 0 Å². The molecule has 0 atom stereocenters. The predicted molar refractivity (Wildman–Crippen MR) is 100 cm³/mol. The number of nitrogens with zero attached hydrogens (tertiary/aromatic N) is 1. The summed E-state index contributed by atoms with van der Waals surface area (Å²) < 4.78 is 5.39. The summed E-state index contributed by atoms with van der Waals surface area (Å²) in [4.78, 5) is 16.4. The standard InChI is InChI=1S/C20H17ClN2O2/c1-13-12-22-10-9-17(13)20(24)23-16-6-3-14(4-7-16)18-11-15(21)5-8-19(18)25-2/h3-12H,1-2H3,(H,23,24). The van der Waals surface area contributed by atoms with E-state index >= 15 is 0 Å². The molecule has 3 rings (SSSR count). The van der Waals surface area contributed by atoms with E-state index < -0.39 is 0 Å². The number of hydrogen-bond donors (Lipinski definition) is 1. The molecule has 0 aliphatic heterocycles. The summed E-state index contributed by atoms with van der Waals surface area (Å²) in [5.41, 5.74) is 4.01. The van der Waals surface area contributed by atoms with Gasteiger partial charge in [-0.05, 0) is 54.4 Å². The molecule has 1 heterocycles. The summed E-state index contributed by atoms with van der Waals surface area (Å²) in [7, 11) is 1.62. The van der Waals surface area contributed by atoms with Crippen molar-refractivity contribution in [2.45, 2.75) is 6.92 Å². The van der Waals surface area contributed by atoms with E-state index in [0.717, 1.165) is 22.4 Å². The first-order valence-electron chi connectivity index (χ1n) is 7.74. The number of hydrogen-bond acceptors (Lipinski definition) is 3. The lowest BCUT2D eigenvalue weighted by Gasteiger charge is -2.11. The number of aryl methyl sites for hydroxylation is 1. The zero-order valence-corrected chi connectivity index (χ0v) is 14.7. The summed E-state index contributed by atoms with van der Waals surface area (Å²) in [6, 6.07) is 14.7. The quantitative estimate of drug-likeness (QED) is 0.721. The van der Waals surface area contributed by atoms with Gasteiger partial charge in [0.2, 0.25) is 0 Å². The van der Waals surface area contributed by atoms with Crippen LogP contribution < -0.4 is 10.1 Å². The third-order valence-corrected chi connectivity index (χ3v) is 4.12. The van der Waals surface area contributed by atoms with Gasteiger partial charge in [0.05, 0.1) is 7.11 Å². The summed E-state index contributed by atoms with van der Waals surface area (Å²) in [6.45, 7) is 1.86. The first kappa shape index (κ1) is 17.0. The Bertz CT molecular complexity index is 908. The topological polar surface area (TPSA) is 51.2 Å². The van der Waals surface area contributed by atoms with Gasteiger partial charge < -0.3 is 10.1 Å². The number of benzene rings is 2. The van der Waals surface area contributed by atoms with E-state index in [1.807, 2.05) is 43.3 Å². The van der Waals surface area contributed by atoms with Gasteiger partial charge in [0.15, 0.2) is 0 Å². The number of amides is 1. The molecule has 0 saturated carbocycles. The second-order valence-electron chi connectivity index (χ2n) is 5.57. The molecule has 4 nitrogen and oxygen atoms in total. The number of carbonyl (C=O) groups is 1. The van der Waals surface area contributed by atoms with Gasteiger partial charge in [-0.3, -0.25) is 9.78 Å². The molecular formula is C20H17ClN2O2. The van der Waals surface area contributed by atoms with Crippen LogP contribution >= 0.6 is 11.6 Å². The van der Waals surface area contributed by atoms with Crippen LogP contribution in [0.2, 0.25) is 5.02 Å². The highest BCUT2D eigenvalue weighted by molar-refractivity contribution is 6.31. The molecule has 0 radical (unpaired) electrons. The van der Waals surface area contributed by atoms with Crippen molar-refractivity contribution in [3.05, 3.63) is 77.1 Å². The lowest BCUT2D eigenvalue weighted by Crippen LogP contribution is -2.13. The molecule has 0 saturated heterocycles. The fraction of sp³-hybridized carbons (Fsp3) is 0.100. The first-order chi connectivity index (χ1) is 12.1. The van der Waals surface area contributed by atoms with Gasteiger partial charge in [0.1, 0.15) is 5.75 Å². The number of methoxy groups -OCH3 is 1. The molecule has 0 aliphatic rings. The van der Waals surface area contributed by atoms with Gasteiger partial charge in [-0.15, -0.1) is 0 Å². The lowest BCUT2D eigenvalue weighted by molar-refractivity contribution is 0.102. The molecule has 1 amide bonds. The van der Waals surface area contributed by atoms with Crippen LogP contribution in [-0.2, 0) is 0 Å². The summed E-state index contributed by atoms with van der Waals surface area (Å²) in [5.74, 6) is 0.585. The smallest absolute Gasteiger partial charge is 0.256 e. The molecule has 0 bridgehead atoms. The van der Waals surface area contributed by atoms with Crippen molar-refractivity contribution in [1.29, 1.82) is 0 Å². The highest BCUT2D eigenvalue weighted by Gasteiger charge is 2.10. The zero-order valence-electron chi connectivity index (χ0n) is 13.9.